The van der Waals surface area contributed by atoms with E-state index in [4.69, 9.17) is 11.6 Å². The fraction of sp³-hybridized carbons (Fsp3) is 0.167. The van der Waals surface area contributed by atoms with Crippen molar-refractivity contribution >= 4 is 50.4 Å². The van der Waals surface area contributed by atoms with Gasteiger partial charge in [-0.3, -0.25) is 14.9 Å². The molecule has 0 bridgehead atoms. The Morgan fingerprint density at radius 2 is 2.00 bits per heavy atom. The van der Waals surface area contributed by atoms with Gasteiger partial charge in [0.25, 0.3) is 0 Å². The monoisotopic (exact) mass is 417 g/mol. The molecule has 1 aliphatic heterocycles. The van der Waals surface area contributed by atoms with Crippen LogP contribution in [0, 0.1) is 0 Å². The van der Waals surface area contributed by atoms with Crippen LogP contribution >= 0.6 is 27.5 Å². The van der Waals surface area contributed by atoms with Gasteiger partial charge in [-0.25, -0.2) is 4.98 Å². The number of imide groups is 1. The van der Waals surface area contributed by atoms with E-state index in [1.165, 1.54) is 0 Å². The van der Waals surface area contributed by atoms with Crippen LogP contribution in [0.15, 0.2) is 47.2 Å². The lowest BCUT2D eigenvalue weighted by Crippen LogP contribution is -2.43. The van der Waals surface area contributed by atoms with Crippen LogP contribution in [0.4, 0.5) is 0 Å². The number of hydrogen-bond acceptors (Lipinski definition) is 3. The molecule has 0 radical (unpaired) electrons. The summed E-state index contributed by atoms with van der Waals surface area (Å²) in [5.41, 5.74) is 3.21. The van der Waals surface area contributed by atoms with E-state index in [0.717, 1.165) is 21.1 Å². The van der Waals surface area contributed by atoms with Crippen LogP contribution in [-0.2, 0) is 9.59 Å². The summed E-state index contributed by atoms with van der Waals surface area (Å²) in [4.78, 5) is 32.2. The molecule has 0 saturated carbocycles. The second-order valence-electron chi connectivity index (χ2n) is 6.01. The Balaban J connectivity index is 1.89. The Hall–Kier alpha value is -2.18. The van der Waals surface area contributed by atoms with Crippen molar-refractivity contribution in [3.8, 4) is 0 Å². The second-order valence-corrected chi connectivity index (χ2v) is 7.34. The summed E-state index contributed by atoms with van der Waals surface area (Å²) in [5, 5.41) is 2.92. The molecule has 2 aromatic carbocycles. The smallest absolute Gasteiger partial charge is 0.234 e. The minimum atomic E-state index is -0.555. The molecule has 2 amide bonds. The molecule has 1 aromatic heterocycles. The van der Waals surface area contributed by atoms with Gasteiger partial charge < -0.3 is 4.98 Å². The number of carbonyl (C=O) groups is 2. The van der Waals surface area contributed by atoms with Crippen molar-refractivity contribution in [1.29, 1.82) is 0 Å². The van der Waals surface area contributed by atoms with Crippen LogP contribution in [0.3, 0.4) is 0 Å². The van der Waals surface area contributed by atoms with E-state index in [9.17, 15) is 9.59 Å². The Morgan fingerprint density at radius 1 is 1.16 bits per heavy atom. The number of amides is 2. The summed E-state index contributed by atoms with van der Waals surface area (Å²) in [5.74, 6) is -1.50. The number of nitrogens with one attached hydrogen (secondary N) is 2. The fourth-order valence-corrected chi connectivity index (χ4v) is 4.25. The van der Waals surface area contributed by atoms with E-state index in [-0.39, 0.29) is 24.2 Å². The van der Waals surface area contributed by atoms with Crippen LogP contribution in [0.1, 0.15) is 29.4 Å². The fourth-order valence-electron chi connectivity index (χ4n) is 3.46. The SMILES string of the molecule is O=C1C[C@@H](c2cccc3[nH]cnc23)[C@H](c2ccc(Br)cc2Cl)C(=O)N1. The predicted molar refractivity (Wildman–Crippen MR) is 98.5 cm³/mol. The highest BCUT2D eigenvalue weighted by Crippen LogP contribution is 2.43. The summed E-state index contributed by atoms with van der Waals surface area (Å²) in [6, 6.07) is 11.2. The molecule has 25 heavy (non-hydrogen) atoms. The Kier molecular flexibility index (Phi) is 4.09. The van der Waals surface area contributed by atoms with Crippen molar-refractivity contribution in [2.24, 2.45) is 0 Å². The summed E-state index contributed by atoms with van der Waals surface area (Å²) in [6.07, 6.45) is 1.81. The lowest BCUT2D eigenvalue weighted by molar-refractivity contribution is -0.135. The average molecular weight is 419 g/mol. The number of rotatable bonds is 2. The molecule has 2 N–H and O–H groups in total. The number of halogens is 2. The topological polar surface area (TPSA) is 74.8 Å². The largest absolute Gasteiger partial charge is 0.345 e. The van der Waals surface area contributed by atoms with Crippen molar-refractivity contribution in [1.82, 2.24) is 15.3 Å². The summed E-state index contributed by atoms with van der Waals surface area (Å²) in [6.45, 7) is 0. The van der Waals surface area contributed by atoms with E-state index in [2.05, 4.69) is 31.2 Å². The third-order valence-corrected chi connectivity index (χ3v) is 5.35. The number of piperidine rings is 1. The normalized spacial score (nSPS) is 20.7. The number of benzene rings is 2. The van der Waals surface area contributed by atoms with Gasteiger partial charge in [0.2, 0.25) is 11.8 Å². The lowest BCUT2D eigenvalue weighted by Gasteiger charge is -2.31. The van der Waals surface area contributed by atoms with E-state index in [0.29, 0.717) is 10.6 Å². The third kappa shape index (κ3) is 2.85. The lowest BCUT2D eigenvalue weighted by atomic mass is 9.76. The highest BCUT2D eigenvalue weighted by atomic mass is 79.9. The quantitative estimate of drug-likeness (QED) is 0.620. The number of aromatic amines is 1. The molecule has 4 rings (SSSR count). The Morgan fingerprint density at radius 3 is 2.80 bits per heavy atom. The zero-order valence-corrected chi connectivity index (χ0v) is 15.3. The molecule has 3 aromatic rings. The number of nitrogens with zero attached hydrogens (tertiary/aromatic N) is 1. The molecule has 7 heteroatoms. The summed E-state index contributed by atoms with van der Waals surface area (Å²) in [7, 11) is 0. The molecule has 1 saturated heterocycles. The molecular formula is C18H13BrClN3O2. The average Bonchev–Trinajstić information content (AvgIpc) is 3.04. The number of hydrogen-bond donors (Lipinski definition) is 2. The maximum absolute atomic E-state index is 12.7. The molecule has 1 fully saturated rings. The molecule has 5 nitrogen and oxygen atoms in total. The number of carbonyl (C=O) groups excluding carboxylic acids is 2. The molecular weight excluding hydrogens is 406 g/mol. The van der Waals surface area contributed by atoms with Crippen LogP contribution in [-0.4, -0.2) is 21.8 Å². The first-order chi connectivity index (χ1) is 12.0. The highest BCUT2D eigenvalue weighted by Gasteiger charge is 2.39. The maximum Gasteiger partial charge on any atom is 0.234 e. The summed E-state index contributed by atoms with van der Waals surface area (Å²) >= 11 is 9.78. The van der Waals surface area contributed by atoms with Crippen LogP contribution in [0.2, 0.25) is 5.02 Å². The van der Waals surface area contributed by atoms with Crippen molar-refractivity contribution in [2.75, 3.05) is 0 Å². The van der Waals surface area contributed by atoms with Gasteiger partial charge in [-0.1, -0.05) is 45.7 Å². The molecule has 2 atom stereocenters. The van der Waals surface area contributed by atoms with Gasteiger partial charge in [-0.15, -0.1) is 0 Å². The Labute approximate surface area is 156 Å². The van der Waals surface area contributed by atoms with Gasteiger partial charge in [-0.05, 0) is 29.3 Å². The van der Waals surface area contributed by atoms with E-state index in [1.54, 1.807) is 12.4 Å². The van der Waals surface area contributed by atoms with Crippen molar-refractivity contribution in [3.05, 3.63) is 63.3 Å². The first kappa shape index (κ1) is 16.3. The number of para-hydroxylation sites is 1. The van der Waals surface area contributed by atoms with Crippen LogP contribution in [0.25, 0.3) is 11.0 Å². The van der Waals surface area contributed by atoms with Crippen molar-refractivity contribution in [3.63, 3.8) is 0 Å². The minimum absolute atomic E-state index is 0.203. The first-order valence-corrected chi connectivity index (χ1v) is 8.92. The molecule has 1 aliphatic rings. The minimum Gasteiger partial charge on any atom is -0.345 e. The maximum atomic E-state index is 12.7. The number of fused-ring (bicyclic) bond motifs is 1. The molecule has 2 heterocycles. The molecule has 126 valence electrons. The van der Waals surface area contributed by atoms with Crippen molar-refractivity contribution in [2.45, 2.75) is 18.3 Å². The van der Waals surface area contributed by atoms with Gasteiger partial charge in [-0.2, -0.15) is 0 Å². The van der Waals surface area contributed by atoms with Crippen LogP contribution in [0.5, 0.6) is 0 Å². The summed E-state index contributed by atoms with van der Waals surface area (Å²) < 4.78 is 0.833. The zero-order chi connectivity index (χ0) is 17.6. The molecule has 0 spiro atoms. The molecule has 0 unspecified atom stereocenters. The van der Waals surface area contributed by atoms with Gasteiger partial charge >= 0.3 is 0 Å². The number of H-pyrrole nitrogens is 1. The van der Waals surface area contributed by atoms with Crippen LogP contribution < -0.4 is 5.32 Å². The standard InChI is InChI=1S/C18H13BrClN3O2/c19-9-4-5-11(13(20)6-9)16-12(7-15(24)23-18(16)25)10-2-1-3-14-17(10)22-8-21-14/h1-6,8,12,16H,7H2,(H,21,22)(H,23,24,25)/t12-,16-/m0/s1. The van der Waals surface area contributed by atoms with E-state index >= 15 is 0 Å². The predicted octanol–water partition coefficient (Wildman–Crippen LogP) is 3.89. The number of aromatic nitrogens is 2. The Bertz CT molecular complexity index is 1000. The second kappa shape index (κ2) is 6.28. The number of imidazole rings is 1. The molecule has 0 aliphatic carbocycles. The highest BCUT2D eigenvalue weighted by molar-refractivity contribution is 9.10. The third-order valence-electron chi connectivity index (χ3n) is 4.53. The van der Waals surface area contributed by atoms with E-state index in [1.807, 2.05) is 30.3 Å². The van der Waals surface area contributed by atoms with Crippen molar-refractivity contribution < 1.29 is 9.59 Å². The van der Waals surface area contributed by atoms with Gasteiger partial charge in [0.15, 0.2) is 0 Å². The van der Waals surface area contributed by atoms with E-state index < -0.39 is 5.92 Å². The van der Waals surface area contributed by atoms with Gasteiger partial charge in [0.1, 0.15) is 0 Å². The van der Waals surface area contributed by atoms with Gasteiger partial charge in [0.05, 0.1) is 23.3 Å². The first-order valence-electron chi connectivity index (χ1n) is 7.75. The van der Waals surface area contributed by atoms with Gasteiger partial charge in [0, 0.05) is 21.8 Å². The zero-order valence-electron chi connectivity index (χ0n) is 12.9.